The second-order valence-corrected chi connectivity index (χ2v) is 6.87. The minimum Gasteiger partial charge on any atom is -0.408 e. The molecule has 1 aromatic carbocycles. The van der Waals surface area contributed by atoms with Gasteiger partial charge in [0.1, 0.15) is 5.52 Å². The number of nitrogens with zero attached hydrogens (tertiary/aromatic N) is 4. The molecule has 0 aliphatic carbocycles. The molecule has 1 aliphatic rings. The molecule has 0 bridgehead atoms. The zero-order valence-electron chi connectivity index (χ0n) is 16.2. The van der Waals surface area contributed by atoms with Crippen molar-refractivity contribution in [2.75, 3.05) is 46.3 Å². The van der Waals surface area contributed by atoms with Gasteiger partial charge in [0.25, 0.3) is 0 Å². The molecular weight excluding hydrogens is 340 g/mol. The van der Waals surface area contributed by atoms with E-state index in [1.54, 1.807) is 13.2 Å². The van der Waals surface area contributed by atoms with E-state index in [1.807, 2.05) is 31.2 Å². The largest absolute Gasteiger partial charge is 0.415 e. The van der Waals surface area contributed by atoms with Crippen LogP contribution in [0.1, 0.15) is 12.5 Å². The van der Waals surface area contributed by atoms with Crippen LogP contribution in [0.25, 0.3) is 10.9 Å². The molecular formula is C21H28N4O2. The number of piperazine rings is 1. The molecule has 3 rings (SSSR count). The summed E-state index contributed by atoms with van der Waals surface area (Å²) in [7, 11) is 1.72. The standard InChI is InChI=1S/C21H28N4O2/c1-4-11-24-12-14-25(15-13-24)16-17-8-9-19(27-21(26)23(3)5-2)20-18(17)7-6-10-22-20/h4,6-10H,1,5,11-16H2,2-3H3. The Labute approximate surface area is 161 Å². The summed E-state index contributed by atoms with van der Waals surface area (Å²) in [4.78, 5) is 23.0. The molecule has 0 radical (unpaired) electrons. The van der Waals surface area contributed by atoms with E-state index in [0.29, 0.717) is 12.3 Å². The molecule has 1 amide bonds. The number of ether oxygens (including phenoxy) is 1. The fraction of sp³-hybridized carbons (Fsp3) is 0.429. The van der Waals surface area contributed by atoms with Gasteiger partial charge in [-0.05, 0) is 24.6 Å². The van der Waals surface area contributed by atoms with E-state index in [2.05, 4.69) is 27.4 Å². The van der Waals surface area contributed by atoms with Crippen LogP contribution in [0, 0.1) is 0 Å². The van der Waals surface area contributed by atoms with Crippen LogP contribution < -0.4 is 4.74 Å². The highest BCUT2D eigenvalue weighted by atomic mass is 16.6. The van der Waals surface area contributed by atoms with E-state index >= 15 is 0 Å². The lowest BCUT2D eigenvalue weighted by atomic mass is 10.1. The fourth-order valence-electron chi connectivity index (χ4n) is 3.28. The molecule has 1 aliphatic heterocycles. The lowest BCUT2D eigenvalue weighted by Gasteiger charge is -2.34. The Morgan fingerprint density at radius 1 is 1.26 bits per heavy atom. The summed E-state index contributed by atoms with van der Waals surface area (Å²) in [6.07, 6.45) is 3.34. The van der Waals surface area contributed by atoms with Crippen molar-refractivity contribution in [2.45, 2.75) is 13.5 Å². The molecule has 0 saturated carbocycles. The summed E-state index contributed by atoms with van der Waals surface area (Å²) < 4.78 is 5.56. The molecule has 6 heteroatoms. The van der Waals surface area contributed by atoms with Crippen LogP contribution >= 0.6 is 0 Å². The van der Waals surface area contributed by atoms with Gasteiger partial charge in [0.15, 0.2) is 5.75 Å². The molecule has 1 aromatic heterocycles. The molecule has 27 heavy (non-hydrogen) atoms. The second-order valence-electron chi connectivity index (χ2n) is 6.87. The van der Waals surface area contributed by atoms with Gasteiger partial charge in [-0.1, -0.05) is 18.2 Å². The van der Waals surface area contributed by atoms with Crippen LogP contribution in [-0.2, 0) is 6.54 Å². The molecule has 1 fully saturated rings. The van der Waals surface area contributed by atoms with Gasteiger partial charge < -0.3 is 9.64 Å². The van der Waals surface area contributed by atoms with Crippen LogP contribution in [-0.4, -0.2) is 72.1 Å². The average Bonchev–Trinajstić information content (AvgIpc) is 2.70. The Hall–Kier alpha value is -2.44. The van der Waals surface area contributed by atoms with Gasteiger partial charge in [-0.2, -0.15) is 0 Å². The van der Waals surface area contributed by atoms with Crippen molar-refractivity contribution >= 4 is 17.0 Å². The van der Waals surface area contributed by atoms with Crippen molar-refractivity contribution in [3.05, 3.63) is 48.7 Å². The zero-order chi connectivity index (χ0) is 19.2. The van der Waals surface area contributed by atoms with Crippen molar-refractivity contribution in [3.8, 4) is 5.75 Å². The molecule has 6 nitrogen and oxygen atoms in total. The first-order chi connectivity index (χ1) is 13.1. The van der Waals surface area contributed by atoms with E-state index in [4.69, 9.17) is 4.74 Å². The van der Waals surface area contributed by atoms with Crippen molar-refractivity contribution in [1.82, 2.24) is 19.7 Å². The normalized spacial score (nSPS) is 15.6. The smallest absolute Gasteiger partial charge is 0.408 e. The van der Waals surface area contributed by atoms with E-state index in [9.17, 15) is 4.79 Å². The number of rotatable bonds is 6. The molecule has 0 atom stereocenters. The van der Waals surface area contributed by atoms with Crippen molar-refractivity contribution in [2.24, 2.45) is 0 Å². The first-order valence-corrected chi connectivity index (χ1v) is 9.47. The number of fused-ring (bicyclic) bond motifs is 1. The summed E-state index contributed by atoms with van der Waals surface area (Å²) in [6, 6.07) is 7.89. The van der Waals surface area contributed by atoms with Crippen LogP contribution in [0.2, 0.25) is 0 Å². The number of pyridine rings is 1. The highest BCUT2D eigenvalue weighted by Gasteiger charge is 2.18. The Kier molecular flexibility index (Phi) is 6.42. The molecule has 0 N–H and O–H groups in total. The van der Waals surface area contributed by atoms with Gasteiger partial charge >= 0.3 is 6.09 Å². The van der Waals surface area contributed by atoms with Gasteiger partial charge in [-0.25, -0.2) is 4.79 Å². The van der Waals surface area contributed by atoms with Crippen LogP contribution in [0.5, 0.6) is 5.75 Å². The molecule has 1 saturated heterocycles. The third kappa shape index (κ3) is 4.64. The van der Waals surface area contributed by atoms with Gasteiger partial charge in [-0.3, -0.25) is 14.8 Å². The summed E-state index contributed by atoms with van der Waals surface area (Å²) in [5.41, 5.74) is 1.94. The number of hydrogen-bond donors (Lipinski definition) is 0. The summed E-state index contributed by atoms with van der Waals surface area (Å²) in [5, 5.41) is 1.04. The van der Waals surface area contributed by atoms with Gasteiger partial charge in [-0.15, -0.1) is 6.58 Å². The second kappa shape index (κ2) is 8.97. The van der Waals surface area contributed by atoms with Crippen LogP contribution in [0.3, 0.4) is 0 Å². The molecule has 144 valence electrons. The topological polar surface area (TPSA) is 48.9 Å². The number of carbonyl (C=O) groups excluding carboxylic acids is 1. The van der Waals surface area contributed by atoms with E-state index in [0.717, 1.165) is 50.2 Å². The SMILES string of the molecule is C=CCN1CCN(Cc2ccc(OC(=O)N(C)CC)c3ncccc23)CC1. The molecule has 2 aromatic rings. The summed E-state index contributed by atoms with van der Waals surface area (Å²) >= 11 is 0. The Bertz CT molecular complexity index is 800. The number of carbonyl (C=O) groups is 1. The minimum atomic E-state index is -0.365. The van der Waals surface area contributed by atoms with Gasteiger partial charge in [0.2, 0.25) is 0 Å². The Morgan fingerprint density at radius 2 is 2.00 bits per heavy atom. The summed E-state index contributed by atoms with van der Waals surface area (Å²) in [5.74, 6) is 0.510. The van der Waals surface area contributed by atoms with Crippen molar-refractivity contribution < 1.29 is 9.53 Å². The summed E-state index contributed by atoms with van der Waals surface area (Å²) in [6.45, 7) is 12.3. The van der Waals surface area contributed by atoms with Crippen LogP contribution in [0.4, 0.5) is 4.79 Å². The minimum absolute atomic E-state index is 0.365. The van der Waals surface area contributed by atoms with E-state index in [1.165, 1.54) is 10.5 Å². The number of amides is 1. The van der Waals surface area contributed by atoms with Crippen molar-refractivity contribution in [1.29, 1.82) is 0 Å². The fourth-order valence-corrected chi connectivity index (χ4v) is 3.28. The molecule has 0 unspecified atom stereocenters. The number of benzene rings is 1. The molecule has 0 spiro atoms. The number of aromatic nitrogens is 1. The predicted molar refractivity (Wildman–Crippen MR) is 108 cm³/mol. The lowest BCUT2D eigenvalue weighted by molar-refractivity contribution is 0.137. The maximum atomic E-state index is 12.1. The van der Waals surface area contributed by atoms with E-state index < -0.39 is 0 Å². The Morgan fingerprint density at radius 3 is 2.70 bits per heavy atom. The highest BCUT2D eigenvalue weighted by molar-refractivity contribution is 5.89. The third-order valence-corrected chi connectivity index (χ3v) is 5.05. The predicted octanol–water partition coefficient (Wildman–Crippen LogP) is 2.99. The van der Waals surface area contributed by atoms with E-state index in [-0.39, 0.29) is 6.09 Å². The van der Waals surface area contributed by atoms with Gasteiger partial charge in [0, 0.05) is 64.4 Å². The maximum Gasteiger partial charge on any atom is 0.415 e. The lowest BCUT2D eigenvalue weighted by Crippen LogP contribution is -2.45. The van der Waals surface area contributed by atoms with Gasteiger partial charge in [0.05, 0.1) is 0 Å². The average molecular weight is 368 g/mol. The van der Waals surface area contributed by atoms with Crippen LogP contribution in [0.15, 0.2) is 43.1 Å². The first kappa shape index (κ1) is 19.3. The Balaban J connectivity index is 1.77. The molecule has 2 heterocycles. The quantitative estimate of drug-likeness (QED) is 0.734. The third-order valence-electron chi connectivity index (χ3n) is 5.05. The van der Waals surface area contributed by atoms with Crippen molar-refractivity contribution in [3.63, 3.8) is 0 Å². The first-order valence-electron chi connectivity index (χ1n) is 9.47. The maximum absolute atomic E-state index is 12.1. The monoisotopic (exact) mass is 368 g/mol. The highest BCUT2D eigenvalue weighted by Crippen LogP contribution is 2.28. The zero-order valence-corrected chi connectivity index (χ0v) is 16.2. The number of hydrogen-bond acceptors (Lipinski definition) is 5.